The summed E-state index contributed by atoms with van der Waals surface area (Å²) in [7, 11) is 3.79. The summed E-state index contributed by atoms with van der Waals surface area (Å²) in [4.78, 5) is 8.98. The number of anilines is 2. The van der Waals surface area contributed by atoms with Gasteiger partial charge >= 0.3 is 0 Å². The smallest absolute Gasteiger partial charge is 0.135 e. The molecular weight excluding hydrogens is 252 g/mol. The highest BCUT2D eigenvalue weighted by molar-refractivity contribution is 5.47. The zero-order valence-corrected chi connectivity index (χ0v) is 12.5. The molecule has 2 rings (SSSR count). The molecule has 0 bridgehead atoms. The summed E-state index contributed by atoms with van der Waals surface area (Å²) in [6.07, 6.45) is 4.84. The van der Waals surface area contributed by atoms with Gasteiger partial charge < -0.3 is 10.6 Å². The molecule has 2 aromatic rings. The molecule has 0 spiro atoms. The number of nitrogens with one attached hydrogen (secondary N) is 2. The van der Waals surface area contributed by atoms with E-state index in [0.29, 0.717) is 5.92 Å². The van der Waals surface area contributed by atoms with Crippen molar-refractivity contribution in [2.75, 3.05) is 24.2 Å². The fraction of sp³-hybridized carbons (Fsp3) is 0.500. The lowest BCUT2D eigenvalue weighted by atomic mass is 10.2. The quantitative estimate of drug-likeness (QED) is 0.843. The summed E-state index contributed by atoms with van der Waals surface area (Å²) < 4.78 is 1.82. The predicted octanol–water partition coefficient (Wildman–Crippen LogP) is 2.03. The molecule has 0 aliphatic carbocycles. The number of aromatic nitrogens is 4. The van der Waals surface area contributed by atoms with Gasteiger partial charge in [0.05, 0.1) is 6.20 Å². The molecule has 0 saturated heterocycles. The lowest BCUT2D eigenvalue weighted by molar-refractivity contribution is 0.766. The van der Waals surface area contributed by atoms with E-state index >= 15 is 0 Å². The number of rotatable bonds is 6. The van der Waals surface area contributed by atoms with Crippen LogP contribution in [0.1, 0.15) is 31.2 Å². The zero-order valence-electron chi connectivity index (χ0n) is 12.5. The van der Waals surface area contributed by atoms with E-state index in [1.165, 1.54) is 5.56 Å². The third-order valence-electron chi connectivity index (χ3n) is 2.99. The summed E-state index contributed by atoms with van der Waals surface area (Å²) in [5.41, 5.74) is 1.21. The Kier molecular flexibility index (Phi) is 4.55. The van der Waals surface area contributed by atoms with Crippen LogP contribution in [0.3, 0.4) is 0 Å². The standard InChI is InChI=1S/C14H22N6/c1-10(2)14-18-12(15-3)7-13(19-14)16-6-5-11-8-17-20(4)9-11/h7-10H,5-6H2,1-4H3,(H2,15,16,18,19). The lowest BCUT2D eigenvalue weighted by Crippen LogP contribution is -2.10. The van der Waals surface area contributed by atoms with Crippen LogP contribution < -0.4 is 10.6 Å². The Morgan fingerprint density at radius 3 is 2.60 bits per heavy atom. The molecule has 2 heterocycles. The van der Waals surface area contributed by atoms with Crippen molar-refractivity contribution in [2.45, 2.75) is 26.2 Å². The molecule has 20 heavy (non-hydrogen) atoms. The third kappa shape index (κ3) is 3.69. The van der Waals surface area contributed by atoms with Crippen LogP contribution in [0.4, 0.5) is 11.6 Å². The molecule has 0 fully saturated rings. The maximum absolute atomic E-state index is 4.53. The van der Waals surface area contributed by atoms with E-state index in [2.05, 4.69) is 39.5 Å². The molecule has 0 aromatic carbocycles. The first-order valence-corrected chi connectivity index (χ1v) is 6.86. The summed E-state index contributed by atoms with van der Waals surface area (Å²) in [5.74, 6) is 2.85. The maximum Gasteiger partial charge on any atom is 0.135 e. The fourth-order valence-corrected chi connectivity index (χ4v) is 1.88. The van der Waals surface area contributed by atoms with Gasteiger partial charge in [-0.15, -0.1) is 0 Å². The van der Waals surface area contributed by atoms with Gasteiger partial charge in [-0.1, -0.05) is 13.8 Å². The Morgan fingerprint density at radius 2 is 2.00 bits per heavy atom. The SMILES string of the molecule is CNc1cc(NCCc2cnn(C)c2)nc(C(C)C)n1. The molecule has 0 aliphatic heterocycles. The van der Waals surface area contributed by atoms with Gasteiger partial charge in [-0.05, 0) is 12.0 Å². The molecule has 2 aromatic heterocycles. The van der Waals surface area contributed by atoms with Gasteiger partial charge in [-0.3, -0.25) is 4.68 Å². The van der Waals surface area contributed by atoms with Crippen molar-refractivity contribution in [3.05, 3.63) is 29.8 Å². The molecular formula is C14H22N6. The van der Waals surface area contributed by atoms with Gasteiger partial charge in [0.25, 0.3) is 0 Å². The number of aryl methyl sites for hydroxylation is 1. The molecule has 0 saturated carbocycles. The van der Waals surface area contributed by atoms with Crippen molar-refractivity contribution in [2.24, 2.45) is 7.05 Å². The predicted molar refractivity (Wildman–Crippen MR) is 81.1 cm³/mol. The Morgan fingerprint density at radius 1 is 1.25 bits per heavy atom. The molecule has 0 radical (unpaired) electrons. The summed E-state index contributed by atoms with van der Waals surface area (Å²) in [6.45, 7) is 5.01. The largest absolute Gasteiger partial charge is 0.373 e. The van der Waals surface area contributed by atoms with Gasteiger partial charge in [0.2, 0.25) is 0 Å². The van der Waals surface area contributed by atoms with Crippen LogP contribution in [0.25, 0.3) is 0 Å². The van der Waals surface area contributed by atoms with Crippen molar-refractivity contribution >= 4 is 11.6 Å². The lowest BCUT2D eigenvalue weighted by Gasteiger charge is -2.11. The van der Waals surface area contributed by atoms with Crippen molar-refractivity contribution in [1.82, 2.24) is 19.7 Å². The van der Waals surface area contributed by atoms with Crippen molar-refractivity contribution in [1.29, 1.82) is 0 Å². The van der Waals surface area contributed by atoms with Crippen LogP contribution in [0, 0.1) is 0 Å². The Hall–Kier alpha value is -2.11. The van der Waals surface area contributed by atoms with Crippen LogP contribution in [0.2, 0.25) is 0 Å². The molecule has 2 N–H and O–H groups in total. The van der Waals surface area contributed by atoms with E-state index in [-0.39, 0.29) is 0 Å². The topological polar surface area (TPSA) is 67.7 Å². The first-order valence-electron chi connectivity index (χ1n) is 6.86. The fourth-order valence-electron chi connectivity index (χ4n) is 1.88. The van der Waals surface area contributed by atoms with E-state index < -0.39 is 0 Å². The highest BCUT2D eigenvalue weighted by Gasteiger charge is 2.07. The minimum absolute atomic E-state index is 0.308. The van der Waals surface area contributed by atoms with Crippen molar-refractivity contribution in [3.8, 4) is 0 Å². The van der Waals surface area contributed by atoms with Crippen molar-refractivity contribution in [3.63, 3.8) is 0 Å². The van der Waals surface area contributed by atoms with Crippen LogP contribution in [0.15, 0.2) is 18.5 Å². The molecule has 0 atom stereocenters. The molecule has 0 amide bonds. The highest BCUT2D eigenvalue weighted by Crippen LogP contribution is 2.16. The number of hydrogen-bond donors (Lipinski definition) is 2. The Bertz CT molecular complexity index is 561. The van der Waals surface area contributed by atoms with E-state index in [1.807, 2.05) is 37.2 Å². The second-order valence-electron chi connectivity index (χ2n) is 5.10. The second kappa shape index (κ2) is 6.36. The van der Waals surface area contributed by atoms with E-state index in [0.717, 1.165) is 30.4 Å². The zero-order chi connectivity index (χ0) is 14.5. The average Bonchev–Trinajstić information content (AvgIpc) is 2.84. The molecule has 108 valence electrons. The van der Waals surface area contributed by atoms with E-state index in [1.54, 1.807) is 0 Å². The Balaban J connectivity index is 1.99. The van der Waals surface area contributed by atoms with Crippen LogP contribution >= 0.6 is 0 Å². The van der Waals surface area contributed by atoms with Gasteiger partial charge in [-0.25, -0.2) is 9.97 Å². The molecule has 0 aliphatic rings. The van der Waals surface area contributed by atoms with Crippen LogP contribution in [-0.2, 0) is 13.5 Å². The summed E-state index contributed by atoms with van der Waals surface area (Å²) >= 11 is 0. The molecule has 0 unspecified atom stereocenters. The third-order valence-corrected chi connectivity index (χ3v) is 2.99. The minimum atomic E-state index is 0.308. The van der Waals surface area contributed by atoms with Gasteiger partial charge in [-0.2, -0.15) is 5.10 Å². The highest BCUT2D eigenvalue weighted by atomic mass is 15.2. The van der Waals surface area contributed by atoms with Crippen LogP contribution in [-0.4, -0.2) is 33.3 Å². The van der Waals surface area contributed by atoms with Gasteiger partial charge in [0, 0.05) is 38.8 Å². The molecule has 6 heteroatoms. The van der Waals surface area contributed by atoms with E-state index in [9.17, 15) is 0 Å². The monoisotopic (exact) mass is 274 g/mol. The normalized spacial score (nSPS) is 10.8. The van der Waals surface area contributed by atoms with Gasteiger partial charge in [0.15, 0.2) is 0 Å². The summed E-state index contributed by atoms with van der Waals surface area (Å²) in [5, 5.41) is 10.6. The number of nitrogens with zero attached hydrogens (tertiary/aromatic N) is 4. The molecule has 6 nitrogen and oxygen atoms in total. The first-order chi connectivity index (χ1) is 9.58. The van der Waals surface area contributed by atoms with Crippen LogP contribution in [0.5, 0.6) is 0 Å². The first kappa shape index (κ1) is 14.3. The second-order valence-corrected chi connectivity index (χ2v) is 5.10. The Labute approximate surface area is 119 Å². The van der Waals surface area contributed by atoms with Gasteiger partial charge in [0.1, 0.15) is 17.5 Å². The van der Waals surface area contributed by atoms with Crippen molar-refractivity contribution < 1.29 is 0 Å². The van der Waals surface area contributed by atoms with E-state index in [4.69, 9.17) is 0 Å². The minimum Gasteiger partial charge on any atom is -0.373 e. The number of hydrogen-bond acceptors (Lipinski definition) is 5. The summed E-state index contributed by atoms with van der Waals surface area (Å²) in [6, 6.07) is 1.93. The average molecular weight is 274 g/mol. The maximum atomic E-state index is 4.53.